The van der Waals surface area contributed by atoms with Gasteiger partial charge < -0.3 is 15.2 Å². The van der Waals surface area contributed by atoms with Gasteiger partial charge in [0.1, 0.15) is 11.4 Å². The molecule has 1 aromatic carbocycles. The Labute approximate surface area is 154 Å². The maximum atomic E-state index is 12.3. The molecule has 0 aliphatic heterocycles. The molecule has 27 heavy (non-hydrogen) atoms. The molecule has 1 heterocycles. The molecule has 0 amide bonds. The van der Waals surface area contributed by atoms with E-state index in [1.54, 1.807) is 31.4 Å². The SMILES string of the molecule is CCCn1c(N)c(C(=O)COC(=O)c2ccc(COC)cc2)c(=O)[nH]c1=O. The fraction of sp³-hybridized carbons (Fsp3) is 0.333. The molecule has 0 bridgehead atoms. The lowest BCUT2D eigenvalue weighted by Crippen LogP contribution is -2.37. The summed E-state index contributed by atoms with van der Waals surface area (Å²) in [4.78, 5) is 50.2. The molecule has 9 nitrogen and oxygen atoms in total. The van der Waals surface area contributed by atoms with Crippen molar-refractivity contribution >= 4 is 17.6 Å². The van der Waals surface area contributed by atoms with E-state index >= 15 is 0 Å². The number of anilines is 1. The molecule has 144 valence electrons. The van der Waals surface area contributed by atoms with Crippen LogP contribution in [0.2, 0.25) is 0 Å². The Morgan fingerprint density at radius 1 is 1.19 bits per heavy atom. The fourth-order valence-electron chi connectivity index (χ4n) is 2.49. The van der Waals surface area contributed by atoms with Crippen LogP contribution < -0.4 is 17.0 Å². The average Bonchev–Trinajstić information content (AvgIpc) is 2.64. The van der Waals surface area contributed by atoms with Crippen molar-refractivity contribution in [2.45, 2.75) is 26.5 Å². The molecule has 0 spiro atoms. The zero-order valence-corrected chi connectivity index (χ0v) is 15.1. The second kappa shape index (κ2) is 8.95. The van der Waals surface area contributed by atoms with E-state index in [1.807, 2.05) is 6.92 Å². The molecular formula is C18H21N3O6. The van der Waals surface area contributed by atoms with Crippen molar-refractivity contribution in [1.82, 2.24) is 9.55 Å². The van der Waals surface area contributed by atoms with Gasteiger partial charge in [0.25, 0.3) is 5.56 Å². The lowest BCUT2D eigenvalue weighted by Gasteiger charge is -2.11. The Morgan fingerprint density at radius 3 is 2.44 bits per heavy atom. The molecule has 0 radical (unpaired) electrons. The maximum absolute atomic E-state index is 12.3. The zero-order valence-electron chi connectivity index (χ0n) is 15.1. The van der Waals surface area contributed by atoms with Gasteiger partial charge in [0, 0.05) is 13.7 Å². The molecule has 1 aromatic heterocycles. The predicted octanol–water partition coefficient (Wildman–Crippen LogP) is 0.715. The molecule has 3 N–H and O–H groups in total. The first-order valence-corrected chi connectivity index (χ1v) is 8.29. The molecular weight excluding hydrogens is 354 g/mol. The van der Waals surface area contributed by atoms with Gasteiger partial charge >= 0.3 is 11.7 Å². The lowest BCUT2D eigenvalue weighted by molar-refractivity contribution is 0.0474. The van der Waals surface area contributed by atoms with Gasteiger partial charge in [-0.25, -0.2) is 9.59 Å². The molecule has 9 heteroatoms. The number of nitrogen functional groups attached to an aromatic ring is 1. The smallest absolute Gasteiger partial charge is 0.338 e. The van der Waals surface area contributed by atoms with Crippen LogP contribution in [0.5, 0.6) is 0 Å². The number of H-pyrrole nitrogens is 1. The number of esters is 1. The van der Waals surface area contributed by atoms with E-state index in [9.17, 15) is 19.2 Å². The minimum atomic E-state index is -0.908. The van der Waals surface area contributed by atoms with Crippen molar-refractivity contribution in [1.29, 1.82) is 0 Å². The number of nitrogens with one attached hydrogen (secondary N) is 1. The van der Waals surface area contributed by atoms with Crippen LogP contribution in [-0.2, 0) is 22.6 Å². The Hall–Kier alpha value is -3.20. The first-order valence-electron chi connectivity index (χ1n) is 8.29. The van der Waals surface area contributed by atoms with Crippen LogP contribution in [0.15, 0.2) is 33.9 Å². The fourth-order valence-corrected chi connectivity index (χ4v) is 2.49. The summed E-state index contributed by atoms with van der Waals surface area (Å²) in [5.41, 5.74) is 4.94. The molecule has 2 rings (SSSR count). The Kier molecular flexibility index (Phi) is 6.67. The molecule has 0 aliphatic carbocycles. The van der Waals surface area contributed by atoms with Gasteiger partial charge in [-0.15, -0.1) is 0 Å². The number of ether oxygens (including phenoxy) is 2. The summed E-state index contributed by atoms with van der Waals surface area (Å²) in [6.07, 6.45) is 0.581. The Morgan fingerprint density at radius 2 is 1.85 bits per heavy atom. The summed E-state index contributed by atoms with van der Waals surface area (Å²) in [7, 11) is 1.56. The van der Waals surface area contributed by atoms with E-state index in [1.165, 1.54) is 0 Å². The van der Waals surface area contributed by atoms with Crippen LogP contribution in [0.3, 0.4) is 0 Å². The standard InChI is InChI=1S/C18H21N3O6/c1-3-8-21-15(19)14(16(23)20-18(21)25)13(22)10-27-17(24)12-6-4-11(5-7-12)9-26-2/h4-7H,3,8-10,19H2,1-2H3,(H,20,23,25). The third-order valence-corrected chi connectivity index (χ3v) is 3.80. The van der Waals surface area contributed by atoms with Crippen LogP contribution in [0.25, 0.3) is 0 Å². The number of hydrogen-bond donors (Lipinski definition) is 2. The summed E-state index contributed by atoms with van der Waals surface area (Å²) < 4.78 is 11.1. The van der Waals surface area contributed by atoms with E-state index in [0.717, 1.165) is 10.1 Å². The van der Waals surface area contributed by atoms with Gasteiger partial charge in [-0.3, -0.25) is 19.1 Å². The highest BCUT2D eigenvalue weighted by molar-refractivity contribution is 6.02. The van der Waals surface area contributed by atoms with E-state index in [4.69, 9.17) is 15.2 Å². The number of Topliss-reactive ketones (excluding diaryl/α,β-unsaturated/α-hetero) is 1. The van der Waals surface area contributed by atoms with Gasteiger partial charge in [-0.1, -0.05) is 19.1 Å². The molecule has 0 saturated carbocycles. The van der Waals surface area contributed by atoms with Crippen LogP contribution in [0, 0.1) is 0 Å². The molecule has 0 unspecified atom stereocenters. The number of aromatic amines is 1. The third-order valence-electron chi connectivity index (χ3n) is 3.80. The van der Waals surface area contributed by atoms with Crippen LogP contribution in [0.4, 0.5) is 5.82 Å². The van der Waals surface area contributed by atoms with E-state index < -0.39 is 35.2 Å². The van der Waals surface area contributed by atoms with Gasteiger partial charge in [-0.2, -0.15) is 0 Å². The number of hydrogen-bond acceptors (Lipinski definition) is 7. The molecule has 2 aromatic rings. The molecule has 0 atom stereocenters. The Balaban J connectivity index is 2.13. The number of nitrogens with two attached hydrogens (primary N) is 1. The summed E-state index contributed by atoms with van der Waals surface area (Å²) in [6, 6.07) is 6.49. The highest BCUT2D eigenvalue weighted by Crippen LogP contribution is 2.09. The maximum Gasteiger partial charge on any atom is 0.338 e. The van der Waals surface area contributed by atoms with E-state index in [-0.39, 0.29) is 17.9 Å². The average molecular weight is 375 g/mol. The van der Waals surface area contributed by atoms with Gasteiger partial charge in [-0.05, 0) is 24.1 Å². The Bertz CT molecular complexity index is 943. The quantitative estimate of drug-likeness (QED) is 0.513. The van der Waals surface area contributed by atoms with Crippen LogP contribution in [0.1, 0.15) is 39.6 Å². The van der Waals surface area contributed by atoms with Gasteiger partial charge in [0.05, 0.1) is 12.2 Å². The van der Waals surface area contributed by atoms with E-state index in [2.05, 4.69) is 4.98 Å². The normalized spacial score (nSPS) is 10.6. The molecule has 0 fully saturated rings. The highest BCUT2D eigenvalue weighted by Gasteiger charge is 2.20. The van der Waals surface area contributed by atoms with Crippen molar-refractivity contribution in [2.75, 3.05) is 19.5 Å². The largest absolute Gasteiger partial charge is 0.454 e. The number of ketones is 1. The summed E-state index contributed by atoms with van der Waals surface area (Å²) in [6.45, 7) is 1.80. The van der Waals surface area contributed by atoms with Crippen molar-refractivity contribution in [3.8, 4) is 0 Å². The van der Waals surface area contributed by atoms with Gasteiger partial charge in [0.2, 0.25) is 5.78 Å². The molecule has 0 saturated heterocycles. The summed E-state index contributed by atoms with van der Waals surface area (Å²) >= 11 is 0. The zero-order chi connectivity index (χ0) is 20.0. The number of carbonyl (C=O) groups excluding carboxylic acids is 2. The van der Waals surface area contributed by atoms with Crippen molar-refractivity contribution in [3.05, 3.63) is 61.8 Å². The monoisotopic (exact) mass is 375 g/mol. The van der Waals surface area contributed by atoms with Crippen LogP contribution >= 0.6 is 0 Å². The number of nitrogens with zero attached hydrogens (tertiary/aromatic N) is 1. The lowest BCUT2D eigenvalue weighted by atomic mass is 10.1. The topological polar surface area (TPSA) is 133 Å². The number of carbonyl (C=O) groups is 2. The molecule has 0 aliphatic rings. The van der Waals surface area contributed by atoms with Crippen molar-refractivity contribution in [3.63, 3.8) is 0 Å². The van der Waals surface area contributed by atoms with Crippen molar-refractivity contribution < 1.29 is 19.1 Å². The first kappa shape index (κ1) is 20.1. The first-order chi connectivity index (χ1) is 12.9. The summed E-state index contributed by atoms with van der Waals surface area (Å²) in [5.74, 6) is -1.75. The predicted molar refractivity (Wildman–Crippen MR) is 97.8 cm³/mol. The van der Waals surface area contributed by atoms with E-state index in [0.29, 0.717) is 13.0 Å². The van der Waals surface area contributed by atoms with Crippen LogP contribution in [-0.4, -0.2) is 35.0 Å². The minimum Gasteiger partial charge on any atom is -0.454 e. The summed E-state index contributed by atoms with van der Waals surface area (Å²) in [5, 5.41) is 0. The second-order valence-electron chi connectivity index (χ2n) is 5.80. The number of rotatable bonds is 8. The second-order valence-corrected chi connectivity index (χ2v) is 5.80. The third kappa shape index (κ3) is 4.70. The highest BCUT2D eigenvalue weighted by atomic mass is 16.5. The number of methoxy groups -OCH3 is 1. The van der Waals surface area contributed by atoms with Gasteiger partial charge in [0.15, 0.2) is 6.61 Å². The number of benzene rings is 1. The van der Waals surface area contributed by atoms with Crippen molar-refractivity contribution in [2.24, 2.45) is 0 Å². The number of aromatic nitrogens is 2. The minimum absolute atomic E-state index is 0.240.